The van der Waals surface area contributed by atoms with Crippen LogP contribution in [0.15, 0.2) is 75.5 Å². The van der Waals surface area contributed by atoms with Crippen LogP contribution in [0, 0.1) is 17.7 Å². The highest BCUT2D eigenvalue weighted by molar-refractivity contribution is 9.10. The second-order valence-electron chi connectivity index (χ2n) is 12.8. The summed E-state index contributed by atoms with van der Waals surface area (Å²) in [6, 6.07) is 15.0. The molecule has 2 heterocycles. The number of benzene rings is 2. The summed E-state index contributed by atoms with van der Waals surface area (Å²) in [7, 11) is 0. The number of carbonyl (C=O) groups excluding carboxylic acids is 3. The van der Waals surface area contributed by atoms with E-state index in [4.69, 9.17) is 4.74 Å². The quantitative estimate of drug-likeness (QED) is 0.394. The first-order chi connectivity index (χ1) is 20.0. The van der Waals surface area contributed by atoms with Gasteiger partial charge in [0, 0.05) is 40.8 Å². The molecule has 0 aromatic heterocycles. The van der Waals surface area contributed by atoms with Gasteiger partial charge in [0.2, 0.25) is 0 Å². The molecule has 0 unspecified atom stereocenters. The standard InChI is InChI=1S/C34H36BrFN2O4/c1-19-9-11-22(34(2,3)21-7-5-4-6-8-21)29(15-19)42-33(41)38-17-26-32(28(40)18-38)30(20-10-12-24(36)23(35)16-20)31-25(37-26)13-14-27(31)39/h4-8,10,12,16,19,22,29-30,37H,9,11,13-15,17-18H2,1-3H3/t19-,22-,29-,30+/m1/s1. The van der Waals surface area contributed by atoms with Crippen molar-refractivity contribution in [2.24, 2.45) is 11.8 Å². The van der Waals surface area contributed by atoms with Gasteiger partial charge < -0.3 is 10.1 Å². The summed E-state index contributed by atoms with van der Waals surface area (Å²) in [5, 5.41) is 3.34. The van der Waals surface area contributed by atoms with Gasteiger partial charge in [0.25, 0.3) is 0 Å². The van der Waals surface area contributed by atoms with Crippen LogP contribution in [0.4, 0.5) is 9.18 Å². The Hall–Kier alpha value is -3.26. The van der Waals surface area contributed by atoms with E-state index in [0.717, 1.165) is 25.0 Å². The molecule has 4 aliphatic rings. The summed E-state index contributed by atoms with van der Waals surface area (Å²) >= 11 is 3.25. The lowest BCUT2D eigenvalue weighted by molar-refractivity contribution is -0.117. The molecule has 6 rings (SSSR count). The third-order valence-electron chi connectivity index (χ3n) is 9.70. The summed E-state index contributed by atoms with van der Waals surface area (Å²) in [6.07, 6.45) is 2.94. The first-order valence-corrected chi connectivity index (χ1v) is 15.6. The summed E-state index contributed by atoms with van der Waals surface area (Å²) in [5.41, 5.74) is 4.12. The molecular formula is C34H36BrFN2O4. The van der Waals surface area contributed by atoms with Crippen LogP contribution in [0.3, 0.4) is 0 Å². The van der Waals surface area contributed by atoms with Crippen molar-refractivity contribution in [3.05, 3.63) is 92.5 Å². The molecule has 2 aliphatic heterocycles. The normalized spacial score (nSPS) is 26.2. The van der Waals surface area contributed by atoms with Crippen molar-refractivity contribution in [2.75, 3.05) is 13.1 Å². The van der Waals surface area contributed by atoms with Crippen molar-refractivity contribution >= 4 is 33.6 Å². The Balaban J connectivity index is 1.27. The maximum absolute atomic E-state index is 14.1. The number of Topliss-reactive ketones (excluding diaryl/α,β-unsaturated/α-hetero) is 2. The van der Waals surface area contributed by atoms with Gasteiger partial charge in [-0.05, 0) is 69.8 Å². The fourth-order valence-corrected chi connectivity index (χ4v) is 7.79. The van der Waals surface area contributed by atoms with Crippen molar-refractivity contribution in [1.82, 2.24) is 10.2 Å². The second kappa shape index (κ2) is 11.1. The molecule has 6 nitrogen and oxygen atoms in total. The Morgan fingerprint density at radius 2 is 1.74 bits per heavy atom. The second-order valence-corrected chi connectivity index (χ2v) is 13.6. The molecule has 8 heteroatoms. The molecule has 220 valence electrons. The van der Waals surface area contributed by atoms with E-state index in [2.05, 4.69) is 54.2 Å². The number of dihydropyridines is 1. The first kappa shape index (κ1) is 28.8. The highest BCUT2D eigenvalue weighted by Crippen LogP contribution is 2.46. The molecule has 1 saturated carbocycles. The van der Waals surface area contributed by atoms with E-state index in [-0.39, 0.29) is 46.6 Å². The highest BCUT2D eigenvalue weighted by Gasteiger charge is 2.46. The smallest absolute Gasteiger partial charge is 0.410 e. The average molecular weight is 636 g/mol. The number of nitrogens with one attached hydrogen (secondary N) is 1. The predicted octanol–water partition coefficient (Wildman–Crippen LogP) is 6.95. The van der Waals surface area contributed by atoms with E-state index in [1.54, 1.807) is 12.1 Å². The number of hydrogen-bond acceptors (Lipinski definition) is 5. The lowest BCUT2D eigenvalue weighted by atomic mass is 9.64. The van der Waals surface area contributed by atoms with Gasteiger partial charge in [0.1, 0.15) is 11.9 Å². The van der Waals surface area contributed by atoms with Crippen LogP contribution in [0.1, 0.15) is 69.9 Å². The molecule has 0 radical (unpaired) electrons. The fourth-order valence-electron chi connectivity index (χ4n) is 7.39. The maximum atomic E-state index is 14.1. The number of allylic oxidation sites excluding steroid dienone is 2. The van der Waals surface area contributed by atoms with Crippen molar-refractivity contribution in [2.45, 2.75) is 70.3 Å². The highest BCUT2D eigenvalue weighted by atomic mass is 79.9. The maximum Gasteiger partial charge on any atom is 0.410 e. The van der Waals surface area contributed by atoms with E-state index < -0.39 is 17.8 Å². The summed E-state index contributed by atoms with van der Waals surface area (Å²) in [5.74, 6) is -0.684. The number of rotatable bonds is 4. The molecule has 42 heavy (non-hydrogen) atoms. The number of nitrogens with zero attached hydrogens (tertiary/aromatic N) is 1. The summed E-state index contributed by atoms with van der Waals surface area (Å²) in [4.78, 5) is 41.9. The molecule has 1 N–H and O–H groups in total. The van der Waals surface area contributed by atoms with Gasteiger partial charge in [-0.2, -0.15) is 0 Å². The van der Waals surface area contributed by atoms with E-state index in [1.165, 1.54) is 16.5 Å². The van der Waals surface area contributed by atoms with Gasteiger partial charge in [0.15, 0.2) is 11.6 Å². The Kier molecular flexibility index (Phi) is 7.62. The number of halogens is 2. The topological polar surface area (TPSA) is 75.7 Å². The van der Waals surface area contributed by atoms with Crippen molar-refractivity contribution in [1.29, 1.82) is 0 Å². The molecule has 4 atom stereocenters. The van der Waals surface area contributed by atoms with Crippen LogP contribution in [-0.4, -0.2) is 41.8 Å². The summed E-state index contributed by atoms with van der Waals surface area (Å²) in [6.45, 7) is 6.68. The minimum Gasteiger partial charge on any atom is -0.446 e. The van der Waals surface area contributed by atoms with Crippen LogP contribution in [0.25, 0.3) is 0 Å². The van der Waals surface area contributed by atoms with E-state index >= 15 is 0 Å². The minimum absolute atomic E-state index is 0.0115. The van der Waals surface area contributed by atoms with Gasteiger partial charge in [-0.25, -0.2) is 9.18 Å². The van der Waals surface area contributed by atoms with Crippen LogP contribution in [0.2, 0.25) is 0 Å². The van der Waals surface area contributed by atoms with Crippen molar-refractivity contribution < 1.29 is 23.5 Å². The molecule has 0 saturated heterocycles. The average Bonchev–Trinajstić information content (AvgIpc) is 3.33. The Labute approximate surface area is 254 Å². The fraction of sp³-hybridized carbons (Fsp3) is 0.441. The number of hydrogen-bond donors (Lipinski definition) is 1. The number of ether oxygens (including phenoxy) is 1. The van der Waals surface area contributed by atoms with Crippen molar-refractivity contribution in [3.63, 3.8) is 0 Å². The van der Waals surface area contributed by atoms with Gasteiger partial charge >= 0.3 is 6.09 Å². The molecule has 0 bridgehead atoms. The summed E-state index contributed by atoms with van der Waals surface area (Å²) < 4.78 is 20.6. The monoisotopic (exact) mass is 634 g/mol. The van der Waals surface area contributed by atoms with E-state index in [1.807, 2.05) is 18.2 Å². The molecule has 1 amide bonds. The molecule has 1 fully saturated rings. The van der Waals surface area contributed by atoms with E-state index in [0.29, 0.717) is 41.2 Å². The largest absolute Gasteiger partial charge is 0.446 e. The van der Waals surface area contributed by atoms with Crippen LogP contribution >= 0.6 is 15.9 Å². The molecule has 2 aromatic rings. The van der Waals surface area contributed by atoms with Gasteiger partial charge in [-0.1, -0.05) is 63.6 Å². The Morgan fingerprint density at radius 1 is 1.00 bits per heavy atom. The lowest BCUT2D eigenvalue weighted by Gasteiger charge is -2.44. The van der Waals surface area contributed by atoms with Gasteiger partial charge in [-0.15, -0.1) is 0 Å². The zero-order valence-corrected chi connectivity index (χ0v) is 25.8. The van der Waals surface area contributed by atoms with Crippen LogP contribution < -0.4 is 5.32 Å². The zero-order chi connectivity index (χ0) is 29.8. The first-order valence-electron chi connectivity index (χ1n) is 14.8. The SMILES string of the molecule is C[C@@H]1CC[C@@H](C(C)(C)c2ccccc2)[C@H](OC(=O)N2CC(=O)C3=C(C2)NC2=C(C(=O)CC2)[C@@H]3c2ccc(F)c(Br)c2)C1. The van der Waals surface area contributed by atoms with Crippen LogP contribution in [0.5, 0.6) is 0 Å². The number of carbonyl (C=O) groups is 3. The molecule has 2 aromatic carbocycles. The Bertz CT molecular complexity index is 1510. The third-order valence-corrected chi connectivity index (χ3v) is 10.3. The third kappa shape index (κ3) is 5.12. The predicted molar refractivity (Wildman–Crippen MR) is 161 cm³/mol. The van der Waals surface area contributed by atoms with Gasteiger partial charge in [-0.3, -0.25) is 14.5 Å². The Morgan fingerprint density at radius 3 is 2.48 bits per heavy atom. The zero-order valence-electron chi connectivity index (χ0n) is 24.2. The van der Waals surface area contributed by atoms with Crippen molar-refractivity contribution in [3.8, 4) is 0 Å². The van der Waals surface area contributed by atoms with Crippen LogP contribution in [-0.2, 0) is 19.7 Å². The van der Waals surface area contributed by atoms with Gasteiger partial charge in [0.05, 0.1) is 17.6 Å². The van der Waals surface area contributed by atoms with E-state index in [9.17, 15) is 18.8 Å². The lowest BCUT2D eigenvalue weighted by Crippen LogP contribution is -2.50. The minimum atomic E-state index is -0.593. The number of amides is 1. The molecule has 0 spiro atoms. The number of ketones is 2. The molecule has 2 aliphatic carbocycles. The molecular weight excluding hydrogens is 599 g/mol.